The molecule has 2 atom stereocenters. The number of carbonyl (C=O) groups excluding carboxylic acids is 2. The molecule has 0 heterocycles. The van der Waals surface area contributed by atoms with Crippen LogP contribution in [0.2, 0.25) is 0 Å². The van der Waals surface area contributed by atoms with E-state index in [1.165, 1.54) is 0 Å². The van der Waals surface area contributed by atoms with Crippen LogP contribution >= 0.6 is 0 Å². The Labute approximate surface area is 115 Å². The zero-order valence-corrected chi connectivity index (χ0v) is 12.2. The van der Waals surface area contributed by atoms with Gasteiger partial charge in [-0.05, 0) is 47.0 Å². The van der Waals surface area contributed by atoms with Crippen molar-refractivity contribution in [1.29, 1.82) is 0 Å². The summed E-state index contributed by atoms with van der Waals surface area (Å²) < 4.78 is 0. The van der Waals surface area contributed by atoms with Crippen LogP contribution in [-0.4, -0.2) is 23.9 Å². The van der Waals surface area contributed by atoms with Gasteiger partial charge in [0.2, 0.25) is 11.8 Å². The lowest BCUT2D eigenvalue weighted by molar-refractivity contribution is -0.119. The van der Waals surface area contributed by atoms with Gasteiger partial charge < -0.3 is 10.6 Å². The molecule has 0 aromatic heterocycles. The Hall–Kier alpha value is -1.58. The van der Waals surface area contributed by atoms with Crippen molar-refractivity contribution in [2.75, 3.05) is 0 Å². The second-order valence-corrected chi connectivity index (χ2v) is 5.60. The Morgan fingerprint density at radius 1 is 0.842 bits per heavy atom. The van der Waals surface area contributed by atoms with Crippen LogP contribution in [0.3, 0.4) is 0 Å². The van der Waals surface area contributed by atoms with Crippen LogP contribution in [0.5, 0.6) is 0 Å². The van der Waals surface area contributed by atoms with Crippen molar-refractivity contribution in [2.45, 2.75) is 59.0 Å². The number of rotatable bonds is 4. The molecule has 4 nitrogen and oxygen atoms in total. The van der Waals surface area contributed by atoms with Gasteiger partial charge in [-0.15, -0.1) is 0 Å². The third-order valence-corrected chi connectivity index (χ3v) is 3.01. The van der Waals surface area contributed by atoms with Gasteiger partial charge in [0.25, 0.3) is 0 Å². The summed E-state index contributed by atoms with van der Waals surface area (Å²) in [6.45, 7) is 7.56. The van der Waals surface area contributed by atoms with E-state index < -0.39 is 0 Å². The molecular weight excluding hydrogens is 240 g/mol. The van der Waals surface area contributed by atoms with E-state index in [2.05, 4.69) is 10.6 Å². The standard InChI is InChI=1S/C15H24N2O2/c1-10(2)8-14(18)16-12-6-5-7-13(12)17-15(19)9-11(3)4/h8-9,12-13H,5-7H2,1-4H3,(H,16,18)(H,17,19). The van der Waals surface area contributed by atoms with Crippen LogP contribution in [0.15, 0.2) is 23.3 Å². The first kappa shape index (κ1) is 15.5. The van der Waals surface area contributed by atoms with E-state index >= 15 is 0 Å². The number of carbonyl (C=O) groups is 2. The lowest BCUT2D eigenvalue weighted by Gasteiger charge is -2.21. The summed E-state index contributed by atoms with van der Waals surface area (Å²) in [6, 6.07) is 0.0789. The number of hydrogen-bond donors (Lipinski definition) is 2. The molecule has 0 spiro atoms. The SMILES string of the molecule is CC(C)=CC(=O)NC1CCCC1NC(=O)C=C(C)C. The summed E-state index contributed by atoms with van der Waals surface area (Å²) in [6.07, 6.45) is 6.05. The molecule has 2 N–H and O–H groups in total. The number of nitrogens with one attached hydrogen (secondary N) is 2. The minimum absolute atomic E-state index is 0.0395. The average molecular weight is 264 g/mol. The average Bonchev–Trinajstić information content (AvgIpc) is 2.62. The van der Waals surface area contributed by atoms with Gasteiger partial charge in [-0.3, -0.25) is 9.59 Å². The normalized spacial score (nSPS) is 21.5. The molecule has 1 saturated carbocycles. The van der Waals surface area contributed by atoms with Gasteiger partial charge in [0, 0.05) is 24.2 Å². The van der Waals surface area contributed by atoms with E-state index in [4.69, 9.17) is 0 Å². The first-order valence-corrected chi connectivity index (χ1v) is 6.79. The van der Waals surface area contributed by atoms with E-state index in [0.717, 1.165) is 30.4 Å². The topological polar surface area (TPSA) is 58.2 Å². The maximum Gasteiger partial charge on any atom is 0.244 e. The highest BCUT2D eigenvalue weighted by atomic mass is 16.2. The quantitative estimate of drug-likeness (QED) is 0.764. The third kappa shape index (κ3) is 5.73. The summed E-state index contributed by atoms with van der Waals surface area (Å²) >= 11 is 0. The van der Waals surface area contributed by atoms with Crippen molar-refractivity contribution in [2.24, 2.45) is 0 Å². The Morgan fingerprint density at radius 3 is 1.53 bits per heavy atom. The Balaban J connectivity index is 2.55. The van der Waals surface area contributed by atoms with Crippen LogP contribution in [0.4, 0.5) is 0 Å². The highest BCUT2D eigenvalue weighted by Gasteiger charge is 2.28. The maximum atomic E-state index is 11.7. The molecule has 2 amide bonds. The van der Waals surface area contributed by atoms with Crippen molar-refractivity contribution >= 4 is 11.8 Å². The van der Waals surface area contributed by atoms with E-state index in [1.54, 1.807) is 12.2 Å². The van der Waals surface area contributed by atoms with Gasteiger partial charge in [0.05, 0.1) is 0 Å². The summed E-state index contributed by atoms with van der Waals surface area (Å²) in [4.78, 5) is 23.4. The summed E-state index contributed by atoms with van der Waals surface area (Å²) in [5, 5.41) is 5.94. The number of allylic oxidation sites excluding steroid dienone is 2. The Kier molecular flexibility index (Phi) is 5.80. The lowest BCUT2D eigenvalue weighted by atomic mass is 10.1. The van der Waals surface area contributed by atoms with Crippen LogP contribution in [-0.2, 0) is 9.59 Å². The van der Waals surface area contributed by atoms with Gasteiger partial charge in [0.15, 0.2) is 0 Å². The van der Waals surface area contributed by atoms with Gasteiger partial charge in [-0.2, -0.15) is 0 Å². The molecule has 0 bridgehead atoms. The van der Waals surface area contributed by atoms with E-state index in [0.29, 0.717) is 0 Å². The number of hydrogen-bond acceptors (Lipinski definition) is 2. The van der Waals surface area contributed by atoms with E-state index in [-0.39, 0.29) is 23.9 Å². The smallest absolute Gasteiger partial charge is 0.244 e. The maximum absolute atomic E-state index is 11.7. The lowest BCUT2D eigenvalue weighted by Crippen LogP contribution is -2.47. The van der Waals surface area contributed by atoms with Crippen molar-refractivity contribution in [3.63, 3.8) is 0 Å². The molecule has 106 valence electrons. The largest absolute Gasteiger partial charge is 0.348 e. The highest BCUT2D eigenvalue weighted by molar-refractivity contribution is 5.89. The molecule has 1 fully saturated rings. The fourth-order valence-electron chi connectivity index (χ4n) is 2.28. The third-order valence-electron chi connectivity index (χ3n) is 3.01. The molecule has 0 aromatic rings. The fraction of sp³-hybridized carbons (Fsp3) is 0.600. The van der Waals surface area contributed by atoms with Crippen molar-refractivity contribution in [1.82, 2.24) is 10.6 Å². The predicted molar refractivity (Wildman–Crippen MR) is 76.6 cm³/mol. The molecule has 0 radical (unpaired) electrons. The summed E-state index contributed by atoms with van der Waals surface area (Å²) in [5.41, 5.74) is 1.95. The summed E-state index contributed by atoms with van der Waals surface area (Å²) in [5.74, 6) is -0.151. The minimum Gasteiger partial charge on any atom is -0.348 e. The van der Waals surface area contributed by atoms with Crippen molar-refractivity contribution in [3.05, 3.63) is 23.3 Å². The monoisotopic (exact) mass is 264 g/mol. The fourth-order valence-corrected chi connectivity index (χ4v) is 2.28. The molecule has 19 heavy (non-hydrogen) atoms. The zero-order chi connectivity index (χ0) is 14.4. The molecule has 2 unspecified atom stereocenters. The van der Waals surface area contributed by atoms with Crippen LogP contribution in [0.25, 0.3) is 0 Å². The Bertz CT molecular complexity index is 364. The predicted octanol–water partition coefficient (Wildman–Crippen LogP) is 2.07. The molecule has 1 aliphatic carbocycles. The van der Waals surface area contributed by atoms with Crippen LogP contribution in [0, 0.1) is 0 Å². The molecular formula is C15H24N2O2. The molecule has 1 aliphatic rings. The molecule has 1 rings (SSSR count). The van der Waals surface area contributed by atoms with Gasteiger partial charge >= 0.3 is 0 Å². The van der Waals surface area contributed by atoms with Gasteiger partial charge in [0.1, 0.15) is 0 Å². The minimum atomic E-state index is -0.0756. The molecule has 4 heteroatoms. The van der Waals surface area contributed by atoms with Crippen LogP contribution in [0.1, 0.15) is 47.0 Å². The van der Waals surface area contributed by atoms with E-state index in [9.17, 15) is 9.59 Å². The van der Waals surface area contributed by atoms with E-state index in [1.807, 2.05) is 27.7 Å². The molecule has 0 aliphatic heterocycles. The Morgan fingerprint density at radius 2 is 1.21 bits per heavy atom. The molecule has 0 aromatic carbocycles. The first-order chi connectivity index (χ1) is 8.88. The summed E-state index contributed by atoms with van der Waals surface area (Å²) in [7, 11) is 0. The second kappa shape index (κ2) is 7.12. The highest BCUT2D eigenvalue weighted by Crippen LogP contribution is 2.19. The van der Waals surface area contributed by atoms with Crippen LogP contribution < -0.4 is 10.6 Å². The van der Waals surface area contributed by atoms with Gasteiger partial charge in [-0.25, -0.2) is 0 Å². The molecule has 0 saturated heterocycles. The van der Waals surface area contributed by atoms with Crippen molar-refractivity contribution < 1.29 is 9.59 Å². The zero-order valence-electron chi connectivity index (χ0n) is 12.2. The second-order valence-electron chi connectivity index (χ2n) is 5.60. The number of amides is 2. The van der Waals surface area contributed by atoms with Crippen molar-refractivity contribution in [3.8, 4) is 0 Å². The first-order valence-electron chi connectivity index (χ1n) is 6.79. The van der Waals surface area contributed by atoms with Gasteiger partial charge in [-0.1, -0.05) is 11.1 Å².